The van der Waals surface area contributed by atoms with Crippen LogP contribution in [0.2, 0.25) is 0 Å². The number of methoxy groups -OCH3 is 1. The fourth-order valence-corrected chi connectivity index (χ4v) is 5.96. The highest BCUT2D eigenvalue weighted by Crippen LogP contribution is 2.60. The van der Waals surface area contributed by atoms with Crippen molar-refractivity contribution in [3.8, 4) is 5.75 Å². The van der Waals surface area contributed by atoms with Gasteiger partial charge in [0.1, 0.15) is 21.6 Å². The zero-order valence-electron chi connectivity index (χ0n) is 20.0. The zero-order valence-corrected chi connectivity index (χ0v) is 21.7. The minimum Gasteiger partial charge on any atom is -0.809 e. The molecule has 1 aliphatic carbocycles. The monoisotopic (exact) mass is 599 g/mol. The molecule has 1 saturated carbocycles. The van der Waals surface area contributed by atoms with E-state index < -0.39 is 50.3 Å². The van der Waals surface area contributed by atoms with Crippen LogP contribution in [0.3, 0.4) is 0 Å². The van der Waals surface area contributed by atoms with Crippen molar-refractivity contribution in [2.45, 2.75) is 65.4 Å². The predicted molar refractivity (Wildman–Crippen MR) is 122 cm³/mol. The van der Waals surface area contributed by atoms with Crippen molar-refractivity contribution in [3.63, 3.8) is 0 Å². The van der Waals surface area contributed by atoms with Crippen LogP contribution in [0.4, 0.5) is 32.3 Å². The molecule has 10 nitrogen and oxygen atoms in total. The average Bonchev–Trinajstić information content (AvgIpc) is 3.41. The minimum absolute atomic E-state index is 0.0815. The summed E-state index contributed by atoms with van der Waals surface area (Å²) in [4.78, 5) is 37.0. The Kier molecular flexibility index (Phi) is 7.62. The van der Waals surface area contributed by atoms with Gasteiger partial charge >= 0.3 is 12.4 Å². The van der Waals surface area contributed by atoms with Gasteiger partial charge in [-0.05, 0) is 44.7 Å². The van der Waals surface area contributed by atoms with Gasteiger partial charge in [-0.1, -0.05) is 11.8 Å². The van der Waals surface area contributed by atoms with E-state index in [9.17, 15) is 40.7 Å². The lowest BCUT2D eigenvalue weighted by molar-refractivity contribution is -0.347. The Morgan fingerprint density at radius 2 is 1.67 bits per heavy atom. The van der Waals surface area contributed by atoms with E-state index >= 15 is 0 Å². The number of nitrogens with two attached hydrogens (primary N) is 1. The first-order chi connectivity index (χ1) is 17.9. The molecule has 0 aliphatic heterocycles. The number of rotatable bonds is 10. The molecule has 0 bridgehead atoms. The summed E-state index contributed by atoms with van der Waals surface area (Å²) in [6.07, 6.45) is -15.1. The lowest BCUT2D eigenvalue weighted by Gasteiger charge is -2.51. The Balaban J connectivity index is 1.67. The molecule has 2 heterocycles. The van der Waals surface area contributed by atoms with Crippen LogP contribution in [0.25, 0.3) is 11.2 Å². The van der Waals surface area contributed by atoms with Gasteiger partial charge in [0.05, 0.1) is 38.4 Å². The topological polar surface area (TPSA) is 151 Å². The quantitative estimate of drug-likeness (QED) is 0.208. The molecule has 1 aromatic carbocycles. The molecule has 0 atom stereocenters. The van der Waals surface area contributed by atoms with Crippen LogP contribution in [0.15, 0.2) is 40.5 Å². The molecule has 1 fully saturated rings. The maximum Gasteiger partial charge on any atom is 0.392 e. The Hall–Kier alpha value is -2.59. The first kappa shape index (κ1) is 29.4. The number of nitrogens with zero attached hydrogens (tertiary/aromatic N) is 4. The second-order valence-electron chi connectivity index (χ2n) is 9.02. The summed E-state index contributed by atoms with van der Waals surface area (Å²) in [5.74, 6) is 0.414. The number of hydrogen-bond acceptors (Lipinski definition) is 10. The van der Waals surface area contributed by atoms with Crippen molar-refractivity contribution in [2.75, 3.05) is 12.8 Å². The van der Waals surface area contributed by atoms with Crippen molar-refractivity contribution in [2.24, 2.45) is 0 Å². The molecule has 0 amide bonds. The highest BCUT2D eigenvalue weighted by Gasteiger charge is 2.58. The van der Waals surface area contributed by atoms with Crippen LogP contribution in [0.1, 0.15) is 25.7 Å². The van der Waals surface area contributed by atoms with E-state index in [4.69, 9.17) is 15.2 Å². The second-order valence-corrected chi connectivity index (χ2v) is 11.9. The molecule has 2 N–H and O–H groups in total. The SMILES string of the molecule is COc1ccc(Sc2nc(N)nc3c2ncn3CC2(OC(CC(F)(F)F)(CC(F)(F)F)P(=O)([O-])[O-])CC2)cc1. The largest absolute Gasteiger partial charge is 0.809 e. The van der Waals surface area contributed by atoms with Crippen molar-refractivity contribution in [1.29, 1.82) is 0 Å². The number of hydrogen-bond donors (Lipinski definition) is 1. The van der Waals surface area contributed by atoms with Gasteiger partial charge in [-0.2, -0.15) is 31.3 Å². The number of imidazole rings is 1. The van der Waals surface area contributed by atoms with Gasteiger partial charge in [0.15, 0.2) is 5.65 Å². The van der Waals surface area contributed by atoms with E-state index in [0.717, 1.165) is 16.7 Å². The molecule has 0 radical (unpaired) electrons. The standard InChI is InChI=1S/C21H22F6N5O5PS/c1-36-12-2-4-13(5-3-12)39-16-14-15(30-17(28)31-16)32(11-29-14)10-18(6-7-18)37-19(38(33,34)35,8-20(22,23)24)9-21(25,26)27/h2-5,11H,6-10H2,1H3,(H2,28,30,31)(H2,33,34,35)/p-2. The number of benzene rings is 1. The summed E-state index contributed by atoms with van der Waals surface area (Å²) in [6.45, 7) is -0.440. The van der Waals surface area contributed by atoms with Crippen molar-refractivity contribution >= 4 is 36.5 Å². The van der Waals surface area contributed by atoms with Crippen LogP contribution in [-0.4, -0.2) is 49.9 Å². The Morgan fingerprint density at radius 1 is 1.08 bits per heavy atom. The minimum atomic E-state index is -6.60. The number of aromatic nitrogens is 4. The predicted octanol–water partition coefficient (Wildman–Crippen LogP) is 3.63. The van der Waals surface area contributed by atoms with Crippen molar-refractivity contribution in [1.82, 2.24) is 19.5 Å². The highest BCUT2D eigenvalue weighted by atomic mass is 32.2. The van der Waals surface area contributed by atoms with E-state index in [1.54, 1.807) is 24.3 Å². The van der Waals surface area contributed by atoms with E-state index in [-0.39, 0.29) is 30.0 Å². The first-order valence-electron chi connectivity index (χ1n) is 11.1. The number of alkyl halides is 6. The molecule has 39 heavy (non-hydrogen) atoms. The number of halogens is 6. The van der Waals surface area contributed by atoms with Crippen LogP contribution in [0, 0.1) is 0 Å². The third-order valence-corrected chi connectivity index (χ3v) is 8.24. The molecule has 2 aromatic heterocycles. The van der Waals surface area contributed by atoms with Crippen molar-refractivity contribution in [3.05, 3.63) is 30.6 Å². The summed E-state index contributed by atoms with van der Waals surface area (Å²) < 4.78 is 103. The molecule has 0 saturated heterocycles. The summed E-state index contributed by atoms with van der Waals surface area (Å²) in [6, 6.07) is 6.89. The first-order valence-corrected chi connectivity index (χ1v) is 13.5. The summed E-state index contributed by atoms with van der Waals surface area (Å²) in [5, 5.41) is -3.78. The fourth-order valence-electron chi connectivity index (χ4n) is 4.03. The van der Waals surface area contributed by atoms with Crippen LogP contribution in [0.5, 0.6) is 5.75 Å². The number of fused-ring (bicyclic) bond motifs is 1. The maximum absolute atomic E-state index is 13.2. The van der Waals surface area contributed by atoms with Gasteiger partial charge in [-0.25, -0.2) is 9.97 Å². The van der Waals surface area contributed by atoms with Gasteiger partial charge in [0.2, 0.25) is 5.95 Å². The van der Waals surface area contributed by atoms with E-state index in [1.165, 1.54) is 18.0 Å². The average molecular weight is 599 g/mol. The summed E-state index contributed by atoms with van der Waals surface area (Å²) in [5.41, 5.74) is 4.31. The van der Waals surface area contributed by atoms with E-state index in [1.807, 2.05) is 0 Å². The van der Waals surface area contributed by atoms with Crippen molar-refractivity contribution < 1.29 is 50.2 Å². The molecule has 3 aromatic rings. The van der Waals surface area contributed by atoms with Gasteiger partial charge < -0.3 is 34.1 Å². The molecule has 0 unspecified atom stereocenters. The number of nitrogen functional groups attached to an aromatic ring is 1. The van der Waals surface area contributed by atoms with E-state index in [0.29, 0.717) is 10.8 Å². The third-order valence-electron chi connectivity index (χ3n) is 5.85. The van der Waals surface area contributed by atoms with Gasteiger partial charge in [0.25, 0.3) is 0 Å². The zero-order chi connectivity index (χ0) is 28.9. The molecular formula is C21H20F6N5O5PS-2. The van der Waals surface area contributed by atoms with Crippen LogP contribution < -0.4 is 20.3 Å². The van der Waals surface area contributed by atoms with E-state index in [2.05, 4.69) is 15.0 Å². The number of anilines is 1. The van der Waals surface area contributed by atoms with Gasteiger partial charge in [-0.15, -0.1) is 0 Å². The fraction of sp³-hybridized carbons (Fsp3) is 0.476. The second kappa shape index (κ2) is 10.1. The highest BCUT2D eigenvalue weighted by molar-refractivity contribution is 7.99. The lowest BCUT2D eigenvalue weighted by atomic mass is 10.1. The maximum atomic E-state index is 13.2. The Bertz CT molecular complexity index is 1370. The molecule has 4 rings (SSSR count). The molecule has 0 spiro atoms. The molecule has 214 valence electrons. The van der Waals surface area contributed by atoms with Gasteiger partial charge in [-0.3, -0.25) is 0 Å². The van der Waals surface area contributed by atoms with Crippen LogP contribution >= 0.6 is 19.4 Å². The Labute approximate surface area is 221 Å². The normalized spacial score (nSPS) is 16.0. The Morgan fingerprint density at radius 3 is 2.15 bits per heavy atom. The molecule has 1 aliphatic rings. The molecular weight excluding hydrogens is 579 g/mol. The summed E-state index contributed by atoms with van der Waals surface area (Å²) >= 11 is 1.16. The smallest absolute Gasteiger partial charge is 0.392 e. The summed E-state index contributed by atoms with van der Waals surface area (Å²) in [7, 11) is -5.10. The number of ether oxygens (including phenoxy) is 2. The van der Waals surface area contributed by atoms with Crippen LogP contribution in [-0.2, 0) is 15.8 Å². The third kappa shape index (κ3) is 6.95. The lowest BCUT2D eigenvalue weighted by Crippen LogP contribution is -2.51. The van der Waals surface area contributed by atoms with Gasteiger partial charge in [0, 0.05) is 4.90 Å². The molecule has 18 heteroatoms.